The second kappa shape index (κ2) is 4.67. The van der Waals surface area contributed by atoms with Crippen molar-refractivity contribution in [3.63, 3.8) is 0 Å². The summed E-state index contributed by atoms with van der Waals surface area (Å²) >= 11 is 0. The Kier molecular flexibility index (Phi) is 2.69. The zero-order chi connectivity index (χ0) is 13.4. The number of nitrogens with zero attached hydrogens (tertiary/aromatic N) is 3. The van der Waals surface area contributed by atoms with Gasteiger partial charge in [0, 0.05) is 42.8 Å². The van der Waals surface area contributed by atoms with Gasteiger partial charge < -0.3 is 9.30 Å². The first kappa shape index (κ1) is 11.5. The summed E-state index contributed by atoms with van der Waals surface area (Å²) in [7, 11) is 0. The molecule has 0 saturated carbocycles. The molecule has 1 aliphatic heterocycles. The Labute approximate surface area is 118 Å². The van der Waals surface area contributed by atoms with Crippen LogP contribution in [0.25, 0.3) is 16.9 Å². The number of hydrogen-bond acceptors (Lipinski definition) is 2. The molecule has 3 heterocycles. The summed E-state index contributed by atoms with van der Waals surface area (Å²) in [4.78, 5) is 7.19. The summed E-state index contributed by atoms with van der Waals surface area (Å²) in [5.41, 5.74) is 4.51. The van der Waals surface area contributed by atoms with Gasteiger partial charge in [-0.2, -0.15) is 0 Å². The van der Waals surface area contributed by atoms with Crippen molar-refractivity contribution in [1.29, 1.82) is 0 Å². The molecule has 3 nitrogen and oxygen atoms in total. The Hall–Kier alpha value is -2.29. The first-order chi connectivity index (χ1) is 9.90. The molecule has 3 aromatic rings. The van der Waals surface area contributed by atoms with Crippen molar-refractivity contribution in [3.8, 4) is 11.3 Å². The van der Waals surface area contributed by atoms with E-state index in [1.807, 2.05) is 6.07 Å². The van der Waals surface area contributed by atoms with Crippen LogP contribution in [0.5, 0.6) is 0 Å². The summed E-state index contributed by atoms with van der Waals surface area (Å²) in [6.07, 6.45) is 6.81. The van der Waals surface area contributed by atoms with E-state index in [9.17, 15) is 0 Å². The molecular formula is C17H17N3. The van der Waals surface area contributed by atoms with Gasteiger partial charge in [-0.25, -0.2) is 4.98 Å². The lowest BCUT2D eigenvalue weighted by Crippen LogP contribution is -2.17. The van der Waals surface area contributed by atoms with Crippen LogP contribution >= 0.6 is 0 Å². The summed E-state index contributed by atoms with van der Waals surface area (Å²) in [6.45, 7) is 2.34. The third-order valence-corrected chi connectivity index (χ3v) is 3.98. The van der Waals surface area contributed by atoms with Crippen LogP contribution in [0, 0.1) is 0 Å². The van der Waals surface area contributed by atoms with Gasteiger partial charge >= 0.3 is 0 Å². The minimum absolute atomic E-state index is 1.02. The SMILES string of the molecule is c1ccc(-c2cn3ccc(N4CCCC4)cc3n2)cc1. The average molecular weight is 263 g/mol. The van der Waals surface area contributed by atoms with Gasteiger partial charge in [-0.1, -0.05) is 30.3 Å². The highest BCUT2D eigenvalue weighted by Gasteiger charge is 2.13. The maximum absolute atomic E-state index is 4.75. The molecule has 20 heavy (non-hydrogen) atoms. The molecule has 0 spiro atoms. The van der Waals surface area contributed by atoms with Crippen LogP contribution in [-0.4, -0.2) is 22.5 Å². The molecule has 0 aliphatic carbocycles. The quantitative estimate of drug-likeness (QED) is 0.704. The minimum atomic E-state index is 1.02. The van der Waals surface area contributed by atoms with Crippen LogP contribution in [0.15, 0.2) is 54.9 Å². The van der Waals surface area contributed by atoms with Gasteiger partial charge in [0.15, 0.2) is 0 Å². The zero-order valence-electron chi connectivity index (χ0n) is 11.4. The lowest BCUT2D eigenvalue weighted by atomic mass is 10.2. The Bertz CT molecular complexity index is 724. The topological polar surface area (TPSA) is 20.5 Å². The van der Waals surface area contributed by atoms with Gasteiger partial charge in [-0.05, 0) is 18.9 Å². The van der Waals surface area contributed by atoms with Gasteiger partial charge in [0.1, 0.15) is 5.65 Å². The number of aromatic nitrogens is 2. The summed E-state index contributed by atoms with van der Waals surface area (Å²) in [5, 5.41) is 0. The van der Waals surface area contributed by atoms with Crippen molar-refractivity contribution in [1.82, 2.24) is 9.38 Å². The number of imidazole rings is 1. The normalized spacial score (nSPS) is 15.1. The molecule has 0 amide bonds. The van der Waals surface area contributed by atoms with Gasteiger partial charge in [0.25, 0.3) is 0 Å². The van der Waals surface area contributed by atoms with E-state index in [1.54, 1.807) is 0 Å². The zero-order valence-corrected chi connectivity index (χ0v) is 11.4. The molecule has 1 saturated heterocycles. The van der Waals surface area contributed by atoms with Crippen molar-refractivity contribution in [3.05, 3.63) is 54.9 Å². The number of anilines is 1. The Morgan fingerprint density at radius 2 is 1.75 bits per heavy atom. The third kappa shape index (κ3) is 1.95. The number of fused-ring (bicyclic) bond motifs is 1. The summed E-state index contributed by atoms with van der Waals surface area (Å²) in [5.74, 6) is 0. The second-order valence-corrected chi connectivity index (χ2v) is 5.34. The molecule has 0 bridgehead atoms. The van der Waals surface area contributed by atoms with E-state index in [0.29, 0.717) is 0 Å². The monoisotopic (exact) mass is 263 g/mol. The Balaban J connectivity index is 1.76. The van der Waals surface area contributed by atoms with E-state index in [-0.39, 0.29) is 0 Å². The summed E-state index contributed by atoms with van der Waals surface area (Å²) in [6, 6.07) is 14.7. The van der Waals surface area contributed by atoms with Crippen molar-refractivity contribution in [2.24, 2.45) is 0 Å². The highest BCUT2D eigenvalue weighted by atomic mass is 15.1. The molecule has 0 radical (unpaired) electrons. The molecule has 0 unspecified atom stereocenters. The van der Waals surface area contributed by atoms with Crippen LogP contribution in [0.4, 0.5) is 5.69 Å². The van der Waals surface area contributed by atoms with E-state index >= 15 is 0 Å². The summed E-state index contributed by atoms with van der Waals surface area (Å²) < 4.78 is 2.10. The molecule has 1 fully saturated rings. The fourth-order valence-electron chi connectivity index (χ4n) is 2.89. The average Bonchev–Trinajstić information content (AvgIpc) is 3.16. The van der Waals surface area contributed by atoms with E-state index in [0.717, 1.165) is 11.3 Å². The maximum Gasteiger partial charge on any atom is 0.139 e. The van der Waals surface area contributed by atoms with E-state index in [2.05, 4.69) is 58.1 Å². The molecule has 0 atom stereocenters. The minimum Gasteiger partial charge on any atom is -0.371 e. The lowest BCUT2D eigenvalue weighted by molar-refractivity contribution is 0.949. The fourth-order valence-corrected chi connectivity index (χ4v) is 2.89. The standard InChI is InChI=1S/C17H17N3/c1-2-6-14(7-3-1)16-13-20-11-8-15(12-17(20)18-16)19-9-4-5-10-19/h1-3,6-8,11-13H,4-5,9-10H2. The van der Waals surface area contributed by atoms with Crippen molar-refractivity contribution < 1.29 is 0 Å². The number of hydrogen-bond donors (Lipinski definition) is 0. The van der Waals surface area contributed by atoms with Crippen LogP contribution < -0.4 is 4.90 Å². The van der Waals surface area contributed by atoms with Crippen LogP contribution in [-0.2, 0) is 0 Å². The van der Waals surface area contributed by atoms with Crippen LogP contribution in [0.2, 0.25) is 0 Å². The van der Waals surface area contributed by atoms with Gasteiger partial charge in [-0.3, -0.25) is 0 Å². The van der Waals surface area contributed by atoms with Gasteiger partial charge in [0.05, 0.1) is 5.69 Å². The maximum atomic E-state index is 4.75. The molecule has 1 aliphatic rings. The van der Waals surface area contributed by atoms with Crippen molar-refractivity contribution >= 4 is 11.3 Å². The van der Waals surface area contributed by atoms with Gasteiger partial charge in [0.2, 0.25) is 0 Å². The van der Waals surface area contributed by atoms with E-state index < -0.39 is 0 Å². The molecular weight excluding hydrogens is 246 g/mol. The smallest absolute Gasteiger partial charge is 0.139 e. The predicted octanol–water partition coefficient (Wildman–Crippen LogP) is 3.60. The van der Waals surface area contributed by atoms with E-state index in [1.165, 1.54) is 37.2 Å². The van der Waals surface area contributed by atoms with Crippen molar-refractivity contribution in [2.45, 2.75) is 12.8 Å². The molecule has 100 valence electrons. The highest BCUT2D eigenvalue weighted by molar-refractivity contribution is 5.65. The molecule has 1 aromatic carbocycles. The second-order valence-electron chi connectivity index (χ2n) is 5.34. The third-order valence-electron chi connectivity index (χ3n) is 3.98. The number of pyridine rings is 1. The first-order valence-electron chi connectivity index (χ1n) is 7.19. The first-order valence-corrected chi connectivity index (χ1v) is 7.19. The Morgan fingerprint density at radius 3 is 2.55 bits per heavy atom. The highest BCUT2D eigenvalue weighted by Crippen LogP contribution is 2.24. The van der Waals surface area contributed by atoms with Crippen LogP contribution in [0.3, 0.4) is 0 Å². The molecule has 4 rings (SSSR count). The largest absolute Gasteiger partial charge is 0.371 e. The number of benzene rings is 1. The Morgan fingerprint density at radius 1 is 0.950 bits per heavy atom. The predicted molar refractivity (Wildman–Crippen MR) is 82.1 cm³/mol. The van der Waals surface area contributed by atoms with Crippen LogP contribution in [0.1, 0.15) is 12.8 Å². The number of rotatable bonds is 2. The van der Waals surface area contributed by atoms with E-state index in [4.69, 9.17) is 4.98 Å². The van der Waals surface area contributed by atoms with Crippen molar-refractivity contribution in [2.75, 3.05) is 18.0 Å². The van der Waals surface area contributed by atoms with Gasteiger partial charge in [-0.15, -0.1) is 0 Å². The molecule has 3 heteroatoms. The lowest BCUT2D eigenvalue weighted by Gasteiger charge is -2.17. The molecule has 2 aromatic heterocycles. The fraction of sp³-hybridized carbons (Fsp3) is 0.235. The molecule has 0 N–H and O–H groups in total.